The first kappa shape index (κ1) is 19.7. The van der Waals surface area contributed by atoms with Crippen LogP contribution in [0.1, 0.15) is 16.1 Å². The fourth-order valence-electron chi connectivity index (χ4n) is 3.66. The number of benzene rings is 2. The van der Waals surface area contributed by atoms with E-state index in [1.54, 1.807) is 35.6 Å². The third-order valence-corrected chi connectivity index (χ3v) is 6.68. The summed E-state index contributed by atoms with van der Waals surface area (Å²) >= 11 is 7.68. The van der Waals surface area contributed by atoms with Crippen LogP contribution in [0.3, 0.4) is 0 Å². The molecule has 3 heterocycles. The molecule has 0 aliphatic rings. The van der Waals surface area contributed by atoms with Crippen molar-refractivity contribution < 1.29 is 4.74 Å². The second-order valence-corrected chi connectivity index (χ2v) is 8.95. The summed E-state index contributed by atoms with van der Waals surface area (Å²) in [6, 6.07) is 16.5. The molecule has 0 spiro atoms. The number of fused-ring (bicyclic) bond motifs is 3. The minimum absolute atomic E-state index is 0.196. The lowest BCUT2D eigenvalue weighted by molar-refractivity contribution is 0.427. The number of para-hydroxylation sites is 1. The average molecular weight is 448 g/mol. The summed E-state index contributed by atoms with van der Waals surface area (Å²) in [5.74, 6) is 0.594. The molecule has 0 amide bonds. The van der Waals surface area contributed by atoms with E-state index in [2.05, 4.69) is 6.92 Å². The summed E-state index contributed by atoms with van der Waals surface area (Å²) in [5, 5.41) is 1.98. The first-order valence-electron chi connectivity index (χ1n) is 9.76. The number of aryl methyl sites for hydroxylation is 3. The van der Waals surface area contributed by atoms with Crippen LogP contribution < -0.4 is 10.3 Å². The van der Waals surface area contributed by atoms with Crippen LogP contribution in [-0.4, -0.2) is 14.5 Å². The number of hydrogen-bond acceptors (Lipinski definition) is 5. The first-order valence-corrected chi connectivity index (χ1v) is 11.0. The van der Waals surface area contributed by atoms with Gasteiger partial charge in [0.05, 0.1) is 22.3 Å². The van der Waals surface area contributed by atoms with Crippen molar-refractivity contribution in [2.75, 3.05) is 0 Å². The van der Waals surface area contributed by atoms with Crippen molar-refractivity contribution in [2.45, 2.75) is 20.8 Å². The maximum Gasteiger partial charge on any atom is 0.310 e. The molecule has 0 aliphatic carbocycles. The van der Waals surface area contributed by atoms with Crippen molar-refractivity contribution >= 4 is 44.1 Å². The predicted molar refractivity (Wildman–Crippen MR) is 126 cm³/mol. The van der Waals surface area contributed by atoms with Crippen LogP contribution in [0, 0.1) is 20.8 Å². The van der Waals surface area contributed by atoms with Crippen LogP contribution in [0.15, 0.2) is 59.4 Å². The minimum atomic E-state index is -0.228. The third kappa shape index (κ3) is 3.28. The molecule has 7 heteroatoms. The van der Waals surface area contributed by atoms with Gasteiger partial charge < -0.3 is 4.74 Å². The van der Waals surface area contributed by atoms with Gasteiger partial charge in [-0.15, -0.1) is 11.3 Å². The second-order valence-electron chi connectivity index (χ2n) is 7.31. The highest BCUT2D eigenvalue weighted by Gasteiger charge is 2.21. The fraction of sp³-hybridized carbons (Fsp3) is 0.125. The lowest BCUT2D eigenvalue weighted by Gasteiger charge is -2.15. The number of hydrogen-bond donors (Lipinski definition) is 0. The topological polar surface area (TPSA) is 57.0 Å². The number of ether oxygens (including phenoxy) is 1. The molecule has 154 valence electrons. The largest absolute Gasteiger partial charge is 0.425 e. The van der Waals surface area contributed by atoms with Crippen molar-refractivity contribution in [3.8, 4) is 17.4 Å². The Morgan fingerprint density at radius 1 is 0.935 bits per heavy atom. The average Bonchev–Trinajstić information content (AvgIpc) is 3.03. The molecule has 5 aromatic rings. The molecule has 0 saturated carbocycles. The zero-order valence-corrected chi connectivity index (χ0v) is 18.7. The molecule has 0 saturated heterocycles. The van der Waals surface area contributed by atoms with Crippen LogP contribution in [0.25, 0.3) is 26.8 Å². The van der Waals surface area contributed by atoms with Gasteiger partial charge in [-0.2, -0.15) is 4.98 Å². The summed E-state index contributed by atoms with van der Waals surface area (Å²) in [6.45, 7) is 5.94. The van der Waals surface area contributed by atoms with Gasteiger partial charge in [0.2, 0.25) is 0 Å². The molecule has 0 N–H and O–H groups in total. The van der Waals surface area contributed by atoms with E-state index in [0.717, 1.165) is 20.7 Å². The third-order valence-electron chi connectivity index (χ3n) is 5.32. The van der Waals surface area contributed by atoms with E-state index in [9.17, 15) is 4.79 Å². The maximum absolute atomic E-state index is 13.8. The second kappa shape index (κ2) is 7.48. The number of thiophene rings is 1. The molecule has 31 heavy (non-hydrogen) atoms. The van der Waals surface area contributed by atoms with Crippen molar-refractivity contribution in [3.63, 3.8) is 0 Å². The Kier molecular flexibility index (Phi) is 4.76. The Labute approximate surface area is 187 Å². The van der Waals surface area contributed by atoms with Crippen LogP contribution in [-0.2, 0) is 0 Å². The molecule has 0 bridgehead atoms. The van der Waals surface area contributed by atoms with Crippen LogP contribution >= 0.6 is 22.9 Å². The van der Waals surface area contributed by atoms with E-state index in [0.29, 0.717) is 33.1 Å². The zero-order chi connectivity index (χ0) is 21.7. The van der Waals surface area contributed by atoms with E-state index in [1.165, 1.54) is 4.57 Å². The molecule has 5 nitrogen and oxygen atoms in total. The molecule has 0 fully saturated rings. The van der Waals surface area contributed by atoms with Gasteiger partial charge >= 0.3 is 6.01 Å². The van der Waals surface area contributed by atoms with Crippen molar-refractivity contribution in [3.05, 3.63) is 86.1 Å². The summed E-state index contributed by atoms with van der Waals surface area (Å²) in [6.07, 6.45) is 0. The van der Waals surface area contributed by atoms with Crippen LogP contribution in [0.4, 0.5) is 0 Å². The van der Waals surface area contributed by atoms with E-state index < -0.39 is 0 Å². The molecule has 0 atom stereocenters. The quantitative estimate of drug-likeness (QED) is 0.322. The van der Waals surface area contributed by atoms with Crippen molar-refractivity contribution in [2.24, 2.45) is 0 Å². The molecular weight excluding hydrogens is 430 g/mol. The van der Waals surface area contributed by atoms with Crippen LogP contribution in [0.2, 0.25) is 5.02 Å². The summed E-state index contributed by atoms with van der Waals surface area (Å²) in [4.78, 5) is 25.4. The predicted octanol–water partition coefficient (Wildman–Crippen LogP) is 6.37. The number of halogens is 1. The Balaban J connectivity index is 1.90. The highest BCUT2D eigenvalue weighted by Crippen LogP contribution is 2.35. The van der Waals surface area contributed by atoms with E-state index in [-0.39, 0.29) is 11.6 Å². The minimum Gasteiger partial charge on any atom is -0.425 e. The van der Waals surface area contributed by atoms with Gasteiger partial charge in [-0.3, -0.25) is 4.79 Å². The first-order chi connectivity index (χ1) is 14.9. The van der Waals surface area contributed by atoms with E-state index >= 15 is 0 Å². The molecule has 2 aromatic carbocycles. The molecule has 5 rings (SSSR count). The van der Waals surface area contributed by atoms with Crippen molar-refractivity contribution in [1.29, 1.82) is 0 Å². The standard InChI is InChI=1S/C24H18ClN3O2S/c1-13-15(3)31-22-19(13)21-20(14(2)26-22)23(29)28(17-11-9-16(25)10-12-17)24(27-21)30-18-7-5-4-6-8-18/h4-12H,1-3H3. The lowest BCUT2D eigenvalue weighted by Crippen LogP contribution is -2.22. The Bertz CT molecular complexity index is 1510. The SMILES string of the molecule is Cc1sc2nc(C)c3c(=O)n(-c4ccc(Cl)cc4)c(Oc4ccccc4)nc3c2c1C. The summed E-state index contributed by atoms with van der Waals surface area (Å²) < 4.78 is 7.59. The summed E-state index contributed by atoms with van der Waals surface area (Å²) in [7, 11) is 0. The Morgan fingerprint density at radius 3 is 2.35 bits per heavy atom. The molecule has 0 aliphatic heterocycles. The van der Waals surface area contributed by atoms with Gasteiger partial charge in [0.25, 0.3) is 5.56 Å². The van der Waals surface area contributed by atoms with Gasteiger partial charge in [-0.25, -0.2) is 9.55 Å². The van der Waals surface area contributed by atoms with Crippen molar-refractivity contribution in [1.82, 2.24) is 14.5 Å². The van der Waals surface area contributed by atoms with Gasteiger partial charge in [-0.05, 0) is 62.7 Å². The molecule has 0 unspecified atom stereocenters. The van der Waals surface area contributed by atoms with Gasteiger partial charge in [0.1, 0.15) is 10.6 Å². The van der Waals surface area contributed by atoms with Crippen LogP contribution in [0.5, 0.6) is 11.8 Å². The fourth-order valence-corrected chi connectivity index (χ4v) is 4.87. The van der Waals surface area contributed by atoms with Gasteiger partial charge in [-0.1, -0.05) is 29.8 Å². The van der Waals surface area contributed by atoms with E-state index in [1.807, 2.05) is 44.2 Å². The number of nitrogens with zero attached hydrogens (tertiary/aromatic N) is 3. The van der Waals surface area contributed by atoms with Gasteiger partial charge in [0, 0.05) is 15.3 Å². The number of pyridine rings is 1. The lowest BCUT2D eigenvalue weighted by atomic mass is 10.1. The Morgan fingerprint density at radius 2 is 1.65 bits per heavy atom. The highest BCUT2D eigenvalue weighted by atomic mass is 35.5. The number of aromatic nitrogens is 3. The highest BCUT2D eigenvalue weighted by molar-refractivity contribution is 7.18. The van der Waals surface area contributed by atoms with E-state index in [4.69, 9.17) is 26.3 Å². The molecule has 3 aromatic heterocycles. The molecule has 0 radical (unpaired) electrons. The maximum atomic E-state index is 13.8. The normalized spacial score (nSPS) is 11.4. The van der Waals surface area contributed by atoms with Gasteiger partial charge in [0.15, 0.2) is 0 Å². The Hall–Kier alpha value is -3.22. The zero-order valence-electron chi connectivity index (χ0n) is 17.1. The number of rotatable bonds is 3. The smallest absolute Gasteiger partial charge is 0.310 e. The monoisotopic (exact) mass is 447 g/mol. The molecular formula is C24H18ClN3O2S. The summed E-state index contributed by atoms with van der Waals surface area (Å²) in [5.41, 5.74) is 2.74.